The third-order valence-electron chi connectivity index (χ3n) is 1.84. The molecule has 0 heterocycles. The number of carbonyl (C=O) groups is 1. The average Bonchev–Trinajstić information content (AvgIpc) is 2.20. The molecule has 78 valence electrons. The molecule has 1 aromatic rings. The van der Waals surface area contributed by atoms with Crippen LogP contribution in [0.1, 0.15) is 11.1 Å². The van der Waals surface area contributed by atoms with Gasteiger partial charge in [0.25, 0.3) is 0 Å². The molecule has 0 atom stereocenters. The lowest BCUT2D eigenvalue weighted by Gasteiger charge is -2.08. The van der Waals surface area contributed by atoms with Gasteiger partial charge in [-0.05, 0) is 27.6 Å². The Kier molecular flexibility index (Phi) is 3.69. The Morgan fingerprint density at radius 2 is 2.33 bits per heavy atom. The zero-order valence-corrected chi connectivity index (χ0v) is 9.54. The summed E-state index contributed by atoms with van der Waals surface area (Å²) in [4.78, 5) is 10.5. The lowest BCUT2D eigenvalue weighted by Crippen LogP contribution is -2.02. The van der Waals surface area contributed by atoms with Crippen LogP contribution in [0, 0.1) is 11.3 Å². The van der Waals surface area contributed by atoms with Gasteiger partial charge >= 0.3 is 5.97 Å². The van der Waals surface area contributed by atoms with Crippen molar-refractivity contribution in [1.29, 1.82) is 5.26 Å². The molecule has 0 saturated heterocycles. The zero-order valence-electron chi connectivity index (χ0n) is 7.95. The molecule has 0 aliphatic carbocycles. The van der Waals surface area contributed by atoms with Crippen LogP contribution in [0.5, 0.6) is 5.75 Å². The fraction of sp³-hybridized carbons (Fsp3) is 0.200. The maximum Gasteiger partial charge on any atom is 0.307 e. The Morgan fingerprint density at radius 1 is 1.67 bits per heavy atom. The highest BCUT2D eigenvalue weighted by Gasteiger charge is 2.13. The summed E-state index contributed by atoms with van der Waals surface area (Å²) in [5.74, 6) is -0.557. The topological polar surface area (TPSA) is 70.3 Å². The molecule has 0 aliphatic heterocycles. The van der Waals surface area contributed by atoms with E-state index in [-0.39, 0.29) is 6.42 Å². The van der Waals surface area contributed by atoms with Gasteiger partial charge in [0.05, 0.1) is 23.6 Å². The molecular weight excluding hydrogens is 262 g/mol. The normalized spacial score (nSPS) is 9.40. The Hall–Kier alpha value is -1.54. The summed E-state index contributed by atoms with van der Waals surface area (Å²) < 4.78 is 5.55. The monoisotopic (exact) mass is 269 g/mol. The van der Waals surface area contributed by atoms with E-state index in [2.05, 4.69) is 15.9 Å². The van der Waals surface area contributed by atoms with Crippen molar-refractivity contribution in [2.24, 2.45) is 0 Å². The molecule has 4 nitrogen and oxygen atoms in total. The fourth-order valence-electron chi connectivity index (χ4n) is 1.18. The first-order valence-corrected chi connectivity index (χ1v) is 4.86. The molecule has 0 unspecified atom stereocenters. The Bertz CT molecular complexity index is 437. The minimum atomic E-state index is -0.928. The van der Waals surface area contributed by atoms with Crippen LogP contribution in [0.2, 0.25) is 0 Å². The van der Waals surface area contributed by atoms with E-state index in [0.29, 0.717) is 21.3 Å². The molecule has 0 spiro atoms. The number of nitrogens with zero attached hydrogens (tertiary/aromatic N) is 1. The van der Waals surface area contributed by atoms with Gasteiger partial charge in [0.2, 0.25) is 0 Å². The van der Waals surface area contributed by atoms with Crippen molar-refractivity contribution in [1.82, 2.24) is 0 Å². The average molecular weight is 270 g/mol. The first-order chi connectivity index (χ1) is 7.10. The summed E-state index contributed by atoms with van der Waals surface area (Å²) in [6, 6.07) is 5.11. The standard InChI is InChI=1S/C10H8BrNO3/c1-15-10-7(5-12)3-2-6(9(10)11)4-8(13)14/h2-3H,4H2,1H3,(H,13,14). The van der Waals surface area contributed by atoms with Crippen molar-refractivity contribution < 1.29 is 14.6 Å². The summed E-state index contributed by atoms with van der Waals surface area (Å²) in [5.41, 5.74) is 0.955. The largest absolute Gasteiger partial charge is 0.494 e. The number of nitriles is 1. The van der Waals surface area contributed by atoms with Crippen LogP contribution >= 0.6 is 15.9 Å². The molecule has 5 heteroatoms. The van der Waals surface area contributed by atoms with E-state index in [0.717, 1.165) is 0 Å². The number of carboxylic acid groups (broad SMARTS) is 1. The van der Waals surface area contributed by atoms with E-state index in [1.165, 1.54) is 7.11 Å². The predicted molar refractivity (Wildman–Crippen MR) is 56.7 cm³/mol. The molecule has 0 aliphatic rings. The summed E-state index contributed by atoms with van der Waals surface area (Å²) in [5, 5.41) is 17.4. The van der Waals surface area contributed by atoms with Gasteiger partial charge in [-0.1, -0.05) is 6.07 Å². The van der Waals surface area contributed by atoms with Gasteiger partial charge in [-0.2, -0.15) is 5.26 Å². The van der Waals surface area contributed by atoms with Crippen molar-refractivity contribution in [3.8, 4) is 11.8 Å². The maximum absolute atomic E-state index is 10.5. The van der Waals surface area contributed by atoms with Crippen LogP contribution in [-0.4, -0.2) is 18.2 Å². The maximum atomic E-state index is 10.5. The third kappa shape index (κ3) is 2.48. The van der Waals surface area contributed by atoms with Crippen molar-refractivity contribution in [2.45, 2.75) is 6.42 Å². The van der Waals surface area contributed by atoms with E-state index in [4.69, 9.17) is 15.1 Å². The first-order valence-electron chi connectivity index (χ1n) is 4.07. The highest BCUT2D eigenvalue weighted by Crippen LogP contribution is 2.32. The van der Waals surface area contributed by atoms with Crippen LogP contribution in [0.15, 0.2) is 16.6 Å². The Morgan fingerprint density at radius 3 is 2.80 bits per heavy atom. The lowest BCUT2D eigenvalue weighted by molar-refractivity contribution is -0.136. The van der Waals surface area contributed by atoms with E-state index in [1.807, 2.05) is 6.07 Å². The quantitative estimate of drug-likeness (QED) is 0.911. The lowest BCUT2D eigenvalue weighted by atomic mass is 10.1. The summed E-state index contributed by atoms with van der Waals surface area (Å²) in [6.07, 6.45) is -0.108. The van der Waals surface area contributed by atoms with E-state index in [1.54, 1.807) is 12.1 Å². The molecule has 1 N–H and O–H groups in total. The predicted octanol–water partition coefficient (Wildman–Crippen LogP) is 1.96. The van der Waals surface area contributed by atoms with Crippen LogP contribution in [-0.2, 0) is 11.2 Å². The highest BCUT2D eigenvalue weighted by molar-refractivity contribution is 9.10. The number of hydrogen-bond acceptors (Lipinski definition) is 3. The van der Waals surface area contributed by atoms with Gasteiger partial charge in [-0.25, -0.2) is 0 Å². The zero-order chi connectivity index (χ0) is 11.4. The molecule has 0 amide bonds. The SMILES string of the molecule is COc1c(C#N)ccc(CC(=O)O)c1Br. The van der Waals surface area contributed by atoms with Crippen molar-refractivity contribution in [3.05, 3.63) is 27.7 Å². The molecule has 0 bridgehead atoms. The minimum Gasteiger partial charge on any atom is -0.494 e. The fourth-order valence-corrected chi connectivity index (χ4v) is 1.83. The molecule has 15 heavy (non-hydrogen) atoms. The number of ether oxygens (including phenoxy) is 1. The van der Waals surface area contributed by atoms with Crippen molar-refractivity contribution in [3.63, 3.8) is 0 Å². The second-order valence-corrected chi connectivity index (χ2v) is 3.59. The van der Waals surface area contributed by atoms with E-state index >= 15 is 0 Å². The Labute approximate surface area is 95.2 Å². The van der Waals surface area contributed by atoms with E-state index in [9.17, 15) is 4.79 Å². The van der Waals surface area contributed by atoms with Gasteiger partial charge in [0, 0.05) is 0 Å². The van der Waals surface area contributed by atoms with Crippen molar-refractivity contribution >= 4 is 21.9 Å². The molecule has 1 aromatic carbocycles. The number of aliphatic carboxylic acids is 1. The van der Waals surface area contributed by atoms with Crippen LogP contribution < -0.4 is 4.74 Å². The highest BCUT2D eigenvalue weighted by atomic mass is 79.9. The number of methoxy groups -OCH3 is 1. The van der Waals surface area contributed by atoms with Gasteiger partial charge in [-0.3, -0.25) is 4.79 Å². The third-order valence-corrected chi connectivity index (χ3v) is 2.71. The van der Waals surface area contributed by atoms with Crippen LogP contribution in [0.3, 0.4) is 0 Å². The summed E-state index contributed by atoms with van der Waals surface area (Å²) in [7, 11) is 1.44. The van der Waals surface area contributed by atoms with Gasteiger partial charge < -0.3 is 9.84 Å². The van der Waals surface area contributed by atoms with Gasteiger partial charge in [0.15, 0.2) is 5.75 Å². The van der Waals surface area contributed by atoms with Crippen molar-refractivity contribution in [2.75, 3.05) is 7.11 Å². The number of carboxylic acids is 1. The second kappa shape index (κ2) is 4.80. The molecule has 0 aromatic heterocycles. The molecule has 0 radical (unpaired) electrons. The number of benzene rings is 1. The summed E-state index contributed by atoms with van der Waals surface area (Å²) >= 11 is 3.22. The molecule has 0 fully saturated rings. The van der Waals surface area contributed by atoms with Gasteiger partial charge in [-0.15, -0.1) is 0 Å². The molecule has 0 saturated carbocycles. The summed E-state index contributed by atoms with van der Waals surface area (Å²) in [6.45, 7) is 0. The van der Waals surface area contributed by atoms with Crippen LogP contribution in [0.4, 0.5) is 0 Å². The van der Waals surface area contributed by atoms with Gasteiger partial charge in [0.1, 0.15) is 6.07 Å². The molecular formula is C10H8BrNO3. The minimum absolute atomic E-state index is 0.108. The van der Waals surface area contributed by atoms with Crippen LogP contribution in [0.25, 0.3) is 0 Å². The van der Waals surface area contributed by atoms with E-state index < -0.39 is 5.97 Å². The molecule has 1 rings (SSSR count). The Balaban J connectivity index is 3.24. The second-order valence-electron chi connectivity index (χ2n) is 2.80. The smallest absolute Gasteiger partial charge is 0.307 e. The number of rotatable bonds is 3. The number of halogens is 1. The first kappa shape index (κ1) is 11.5. The number of hydrogen-bond donors (Lipinski definition) is 1.